The zero-order valence-electron chi connectivity index (χ0n) is 10.8. The van der Waals surface area contributed by atoms with Crippen molar-refractivity contribution in [1.29, 1.82) is 0 Å². The lowest BCUT2D eigenvalue weighted by Crippen LogP contribution is -2.35. The first-order valence-electron chi connectivity index (χ1n) is 6.08. The number of rotatable bonds is 11. The van der Waals surface area contributed by atoms with Crippen molar-refractivity contribution >= 4 is 11.6 Å². The van der Waals surface area contributed by atoms with Crippen molar-refractivity contribution in [1.82, 2.24) is 5.32 Å². The highest BCUT2D eigenvalue weighted by Gasteiger charge is 2.10. The molecule has 0 bridgehead atoms. The van der Waals surface area contributed by atoms with Crippen LogP contribution in [0.4, 0.5) is 0 Å². The van der Waals surface area contributed by atoms with Gasteiger partial charge in [0.2, 0.25) is 0 Å². The Labute approximate surface area is 105 Å². The van der Waals surface area contributed by atoms with E-state index in [2.05, 4.69) is 19.2 Å². The molecule has 0 aromatic carbocycles. The smallest absolute Gasteiger partial charge is 0.0700 e. The first-order valence-corrected chi connectivity index (χ1v) is 6.61. The number of methoxy groups -OCH3 is 1. The van der Waals surface area contributed by atoms with Crippen molar-refractivity contribution in [3.05, 3.63) is 0 Å². The van der Waals surface area contributed by atoms with Crippen LogP contribution in [0.3, 0.4) is 0 Å². The second-order valence-electron chi connectivity index (χ2n) is 4.24. The lowest BCUT2D eigenvalue weighted by Gasteiger charge is -2.21. The van der Waals surface area contributed by atoms with Crippen molar-refractivity contribution in [2.45, 2.75) is 32.7 Å². The molecule has 0 radical (unpaired) electrons. The van der Waals surface area contributed by atoms with E-state index in [1.807, 2.05) is 0 Å². The molecule has 0 heterocycles. The van der Waals surface area contributed by atoms with Gasteiger partial charge in [-0.3, -0.25) is 0 Å². The molecule has 0 aromatic heterocycles. The Bertz CT molecular complexity index is 145. The van der Waals surface area contributed by atoms with Crippen molar-refractivity contribution in [3.8, 4) is 0 Å². The monoisotopic (exact) mass is 251 g/mol. The van der Waals surface area contributed by atoms with Crippen LogP contribution < -0.4 is 5.32 Å². The van der Waals surface area contributed by atoms with Gasteiger partial charge >= 0.3 is 0 Å². The van der Waals surface area contributed by atoms with Crippen LogP contribution in [0, 0.1) is 5.92 Å². The van der Waals surface area contributed by atoms with E-state index in [9.17, 15) is 0 Å². The summed E-state index contributed by atoms with van der Waals surface area (Å²) in [5, 5.41) is 3.52. The molecule has 0 amide bonds. The largest absolute Gasteiger partial charge is 0.382 e. The Hall–Kier alpha value is 0.170. The zero-order chi connectivity index (χ0) is 12.2. The van der Waals surface area contributed by atoms with Crippen molar-refractivity contribution in [2.24, 2.45) is 5.92 Å². The van der Waals surface area contributed by atoms with E-state index >= 15 is 0 Å². The Balaban J connectivity index is 3.33. The first-order chi connectivity index (χ1) is 7.72. The minimum atomic E-state index is 0.525. The second-order valence-corrected chi connectivity index (χ2v) is 4.62. The maximum atomic E-state index is 5.76. The maximum absolute atomic E-state index is 5.76. The molecule has 4 heteroatoms. The zero-order valence-corrected chi connectivity index (χ0v) is 11.6. The third-order valence-electron chi connectivity index (χ3n) is 2.53. The highest BCUT2D eigenvalue weighted by Crippen LogP contribution is 2.06. The number of ether oxygens (including phenoxy) is 2. The standard InChI is InChI=1S/C12H26ClNO2/c1-11(2)12(5-6-13)14-7-4-8-16-10-9-15-3/h11-12,14H,4-10H2,1-3H3. The summed E-state index contributed by atoms with van der Waals surface area (Å²) >= 11 is 5.76. The summed E-state index contributed by atoms with van der Waals surface area (Å²) in [4.78, 5) is 0. The highest BCUT2D eigenvalue weighted by atomic mass is 35.5. The molecule has 0 aliphatic rings. The summed E-state index contributed by atoms with van der Waals surface area (Å²) in [6.07, 6.45) is 2.07. The predicted molar refractivity (Wildman–Crippen MR) is 69.3 cm³/mol. The van der Waals surface area contributed by atoms with E-state index in [0.717, 1.165) is 31.9 Å². The van der Waals surface area contributed by atoms with E-state index < -0.39 is 0 Å². The van der Waals surface area contributed by atoms with Crippen molar-refractivity contribution < 1.29 is 9.47 Å². The maximum Gasteiger partial charge on any atom is 0.0700 e. The lowest BCUT2D eigenvalue weighted by molar-refractivity contribution is 0.0690. The highest BCUT2D eigenvalue weighted by molar-refractivity contribution is 6.17. The Kier molecular flexibility index (Phi) is 11.8. The minimum Gasteiger partial charge on any atom is -0.382 e. The molecule has 0 spiro atoms. The van der Waals surface area contributed by atoms with Crippen LogP contribution in [-0.4, -0.2) is 45.4 Å². The van der Waals surface area contributed by atoms with Crippen LogP contribution in [0.2, 0.25) is 0 Å². The van der Waals surface area contributed by atoms with Crippen molar-refractivity contribution in [3.63, 3.8) is 0 Å². The quantitative estimate of drug-likeness (QED) is 0.452. The van der Waals surface area contributed by atoms with E-state index in [-0.39, 0.29) is 0 Å². The number of hydrogen-bond donors (Lipinski definition) is 1. The van der Waals surface area contributed by atoms with E-state index in [1.54, 1.807) is 7.11 Å². The van der Waals surface area contributed by atoms with Gasteiger partial charge in [0, 0.05) is 25.6 Å². The molecule has 1 unspecified atom stereocenters. The molecule has 16 heavy (non-hydrogen) atoms. The van der Waals surface area contributed by atoms with Crippen LogP contribution in [0.15, 0.2) is 0 Å². The molecule has 1 N–H and O–H groups in total. The van der Waals surface area contributed by atoms with Gasteiger partial charge in [-0.15, -0.1) is 11.6 Å². The molecule has 1 atom stereocenters. The summed E-state index contributed by atoms with van der Waals surface area (Å²) in [5.41, 5.74) is 0. The molecule has 0 saturated heterocycles. The average Bonchev–Trinajstić information content (AvgIpc) is 2.26. The van der Waals surface area contributed by atoms with E-state index in [1.165, 1.54) is 0 Å². The molecule has 0 rings (SSSR count). The average molecular weight is 252 g/mol. The minimum absolute atomic E-state index is 0.525. The number of nitrogens with one attached hydrogen (secondary N) is 1. The van der Waals surface area contributed by atoms with Gasteiger partial charge in [0.05, 0.1) is 13.2 Å². The summed E-state index contributed by atoms with van der Waals surface area (Å²) in [5.74, 6) is 1.35. The van der Waals surface area contributed by atoms with E-state index in [0.29, 0.717) is 25.2 Å². The Morgan fingerprint density at radius 2 is 1.94 bits per heavy atom. The fourth-order valence-electron chi connectivity index (χ4n) is 1.49. The van der Waals surface area contributed by atoms with Gasteiger partial charge in [-0.2, -0.15) is 0 Å². The van der Waals surface area contributed by atoms with Gasteiger partial charge in [-0.25, -0.2) is 0 Å². The molecule has 0 aliphatic heterocycles. The lowest BCUT2D eigenvalue weighted by atomic mass is 10.0. The van der Waals surface area contributed by atoms with Gasteiger partial charge in [0.25, 0.3) is 0 Å². The van der Waals surface area contributed by atoms with E-state index in [4.69, 9.17) is 21.1 Å². The third kappa shape index (κ3) is 9.40. The summed E-state index contributed by atoms with van der Waals surface area (Å²) in [7, 11) is 1.68. The van der Waals surface area contributed by atoms with Crippen LogP contribution >= 0.6 is 11.6 Å². The molecule has 3 nitrogen and oxygen atoms in total. The second kappa shape index (κ2) is 11.6. The normalized spacial score (nSPS) is 13.3. The van der Waals surface area contributed by atoms with Gasteiger partial charge in [0.15, 0.2) is 0 Å². The predicted octanol–water partition coefficient (Wildman–Crippen LogP) is 2.28. The molecular formula is C12H26ClNO2. The number of hydrogen-bond acceptors (Lipinski definition) is 3. The van der Waals surface area contributed by atoms with Crippen LogP contribution in [-0.2, 0) is 9.47 Å². The molecule has 98 valence electrons. The van der Waals surface area contributed by atoms with Crippen LogP contribution in [0.5, 0.6) is 0 Å². The molecular weight excluding hydrogens is 226 g/mol. The molecule has 0 saturated carbocycles. The summed E-state index contributed by atoms with van der Waals surface area (Å²) < 4.78 is 10.3. The topological polar surface area (TPSA) is 30.5 Å². The fourth-order valence-corrected chi connectivity index (χ4v) is 1.73. The third-order valence-corrected chi connectivity index (χ3v) is 2.75. The number of alkyl halides is 1. The van der Waals surface area contributed by atoms with Gasteiger partial charge in [0.1, 0.15) is 0 Å². The molecule has 0 fully saturated rings. The Morgan fingerprint density at radius 1 is 1.19 bits per heavy atom. The van der Waals surface area contributed by atoms with Gasteiger partial charge in [-0.05, 0) is 25.3 Å². The molecule has 0 aromatic rings. The van der Waals surface area contributed by atoms with Gasteiger partial charge in [-0.1, -0.05) is 13.8 Å². The van der Waals surface area contributed by atoms with Gasteiger partial charge < -0.3 is 14.8 Å². The summed E-state index contributed by atoms with van der Waals surface area (Å²) in [6.45, 7) is 7.59. The summed E-state index contributed by atoms with van der Waals surface area (Å²) in [6, 6.07) is 0.525. The number of halogens is 1. The van der Waals surface area contributed by atoms with Crippen LogP contribution in [0.25, 0.3) is 0 Å². The van der Waals surface area contributed by atoms with Crippen LogP contribution in [0.1, 0.15) is 26.7 Å². The van der Waals surface area contributed by atoms with Crippen molar-refractivity contribution in [2.75, 3.05) is 39.4 Å². The SMILES string of the molecule is COCCOCCCNC(CCCl)C(C)C. The fraction of sp³-hybridized carbons (Fsp3) is 1.00. The first kappa shape index (κ1) is 16.2. The Morgan fingerprint density at radius 3 is 2.50 bits per heavy atom. The molecule has 0 aliphatic carbocycles.